The van der Waals surface area contributed by atoms with Crippen LogP contribution in [0.1, 0.15) is 65.2 Å². The predicted octanol–water partition coefficient (Wildman–Crippen LogP) is 6.13. The maximum Gasteiger partial charge on any atom is 0.0178 e. The molecule has 0 heterocycles. The third-order valence-electron chi connectivity index (χ3n) is 4.00. The minimum absolute atomic E-state index is 0.734. The lowest BCUT2D eigenvalue weighted by molar-refractivity contribution is 0.387. The average molecular weight is 505 g/mol. The monoisotopic (exact) mass is 505 g/mol. The van der Waals surface area contributed by atoms with Crippen LogP contribution in [-0.2, 0) is 0 Å². The maximum atomic E-state index is 5.88. The van der Waals surface area contributed by atoms with Gasteiger partial charge in [0.25, 0.3) is 0 Å². The highest BCUT2D eigenvalue weighted by Gasteiger charge is 2.18. The molecular weight excluding hydrogens is 472 g/mol. The molecule has 20 heavy (non-hydrogen) atoms. The van der Waals surface area contributed by atoms with Crippen LogP contribution in [0.2, 0.25) is 0 Å². The Hall–Kier alpha value is 1.16. The molecule has 0 aliphatic heterocycles. The van der Waals surface area contributed by atoms with Crippen molar-refractivity contribution in [3.8, 4) is 0 Å². The zero-order chi connectivity index (χ0) is 15.2. The smallest absolute Gasteiger partial charge is 0.0178 e. The topological polar surface area (TPSA) is 26.0 Å². The number of halogens is 2. The fourth-order valence-corrected chi connectivity index (χ4v) is 4.13. The van der Waals surface area contributed by atoms with Gasteiger partial charge in [0.15, 0.2) is 0 Å². The van der Waals surface area contributed by atoms with E-state index in [1.54, 1.807) is 5.57 Å². The molecular formula is C17H33I2N. The Labute approximate surface area is 154 Å². The Bertz CT molecular complexity index is 241. The summed E-state index contributed by atoms with van der Waals surface area (Å²) in [5, 5.41) is 0. The zero-order valence-electron chi connectivity index (χ0n) is 13.3. The summed E-state index contributed by atoms with van der Waals surface area (Å²) in [4.78, 5) is 0. The van der Waals surface area contributed by atoms with Gasteiger partial charge in [0.1, 0.15) is 0 Å². The van der Waals surface area contributed by atoms with Gasteiger partial charge in [-0.15, -0.1) is 0 Å². The van der Waals surface area contributed by atoms with Crippen LogP contribution < -0.4 is 5.73 Å². The van der Waals surface area contributed by atoms with Crippen molar-refractivity contribution in [2.24, 2.45) is 17.6 Å². The molecule has 0 aliphatic rings. The van der Waals surface area contributed by atoms with Gasteiger partial charge in [-0.1, -0.05) is 89.9 Å². The molecule has 0 fully saturated rings. The summed E-state index contributed by atoms with van der Waals surface area (Å²) in [5.41, 5.74) is 7.57. The molecule has 2 atom stereocenters. The second-order valence-corrected chi connectivity index (χ2v) is 7.47. The number of nitrogens with two attached hydrogens (primary N) is 1. The molecule has 0 amide bonds. The van der Waals surface area contributed by atoms with Gasteiger partial charge >= 0.3 is 0 Å². The van der Waals surface area contributed by atoms with Gasteiger partial charge in [-0.2, -0.15) is 0 Å². The Morgan fingerprint density at radius 3 is 2.30 bits per heavy atom. The first kappa shape index (κ1) is 21.2. The molecule has 0 bridgehead atoms. The third kappa shape index (κ3) is 9.98. The molecule has 0 rings (SSSR count). The maximum absolute atomic E-state index is 5.88. The van der Waals surface area contributed by atoms with Crippen molar-refractivity contribution < 1.29 is 0 Å². The molecule has 0 saturated heterocycles. The van der Waals surface area contributed by atoms with Crippen LogP contribution >= 0.6 is 45.2 Å². The van der Waals surface area contributed by atoms with E-state index in [2.05, 4.69) is 65.1 Å². The summed E-state index contributed by atoms with van der Waals surface area (Å²) in [6, 6.07) is 0. The lowest BCUT2D eigenvalue weighted by Gasteiger charge is -2.25. The van der Waals surface area contributed by atoms with Crippen molar-refractivity contribution >= 4 is 45.2 Å². The molecule has 0 radical (unpaired) electrons. The molecule has 2 unspecified atom stereocenters. The first-order chi connectivity index (χ1) is 9.73. The lowest BCUT2D eigenvalue weighted by atomic mass is 9.83. The molecule has 120 valence electrons. The Morgan fingerprint density at radius 2 is 1.80 bits per heavy atom. The van der Waals surface area contributed by atoms with Crippen LogP contribution in [0.15, 0.2) is 11.6 Å². The standard InChI is InChI=1S/C17H33I2N/c1-3-5-7-15(14-19)13-17(10-12-20)16(9-11-18)8-6-4-2/h9,15,17H,3-8,10-14,20H2,1-2H3/b16-9+. The van der Waals surface area contributed by atoms with Gasteiger partial charge in [0.2, 0.25) is 0 Å². The van der Waals surface area contributed by atoms with E-state index in [0.29, 0.717) is 0 Å². The SMILES string of the molecule is CCCC/C(=C\CI)C(CCN)CC(CI)CCCC. The number of hydrogen-bond acceptors (Lipinski definition) is 1. The second-order valence-electron chi connectivity index (χ2n) is 5.71. The van der Waals surface area contributed by atoms with Crippen molar-refractivity contribution in [2.75, 3.05) is 15.4 Å². The largest absolute Gasteiger partial charge is 0.330 e. The third-order valence-corrected chi connectivity index (χ3v) is 5.69. The van der Waals surface area contributed by atoms with Crippen LogP contribution in [-0.4, -0.2) is 15.4 Å². The molecule has 0 spiro atoms. The number of allylic oxidation sites excluding steroid dienone is 2. The van der Waals surface area contributed by atoms with Gasteiger partial charge in [-0.25, -0.2) is 0 Å². The van der Waals surface area contributed by atoms with Crippen molar-refractivity contribution in [3.63, 3.8) is 0 Å². The molecule has 2 N–H and O–H groups in total. The van der Waals surface area contributed by atoms with Crippen LogP contribution in [0.4, 0.5) is 0 Å². The van der Waals surface area contributed by atoms with E-state index in [1.165, 1.54) is 55.8 Å². The van der Waals surface area contributed by atoms with E-state index < -0.39 is 0 Å². The minimum atomic E-state index is 0.734. The summed E-state index contributed by atoms with van der Waals surface area (Å²) in [6.07, 6.45) is 13.0. The van der Waals surface area contributed by atoms with Crippen LogP contribution in [0.5, 0.6) is 0 Å². The molecule has 0 saturated carbocycles. The Morgan fingerprint density at radius 1 is 1.10 bits per heavy atom. The van der Waals surface area contributed by atoms with E-state index in [4.69, 9.17) is 5.73 Å². The number of unbranched alkanes of at least 4 members (excludes halogenated alkanes) is 2. The van der Waals surface area contributed by atoms with Gasteiger partial charge in [0, 0.05) is 8.86 Å². The fraction of sp³-hybridized carbons (Fsp3) is 0.882. The van der Waals surface area contributed by atoms with Crippen LogP contribution in [0, 0.1) is 11.8 Å². The molecule has 0 aromatic heterocycles. The van der Waals surface area contributed by atoms with E-state index in [0.717, 1.165) is 22.8 Å². The Kier molecular flexibility index (Phi) is 15.9. The normalized spacial score (nSPS) is 15.3. The number of alkyl halides is 2. The summed E-state index contributed by atoms with van der Waals surface area (Å²) in [7, 11) is 0. The predicted molar refractivity (Wildman–Crippen MR) is 110 cm³/mol. The van der Waals surface area contributed by atoms with Gasteiger partial charge in [0.05, 0.1) is 0 Å². The van der Waals surface area contributed by atoms with E-state index in [-0.39, 0.29) is 0 Å². The Balaban J connectivity index is 4.65. The number of hydrogen-bond donors (Lipinski definition) is 1. The highest BCUT2D eigenvalue weighted by Crippen LogP contribution is 2.30. The van der Waals surface area contributed by atoms with Gasteiger partial charge < -0.3 is 5.73 Å². The quantitative estimate of drug-likeness (QED) is 0.182. The highest BCUT2D eigenvalue weighted by atomic mass is 127. The molecule has 0 aliphatic carbocycles. The fourth-order valence-electron chi connectivity index (χ4n) is 2.76. The number of rotatable bonds is 13. The molecule has 0 aromatic rings. The van der Waals surface area contributed by atoms with Gasteiger partial charge in [-0.3, -0.25) is 0 Å². The van der Waals surface area contributed by atoms with Gasteiger partial charge in [-0.05, 0) is 50.5 Å². The average Bonchev–Trinajstić information content (AvgIpc) is 2.46. The summed E-state index contributed by atoms with van der Waals surface area (Å²) in [6.45, 7) is 5.41. The van der Waals surface area contributed by atoms with Crippen LogP contribution in [0.3, 0.4) is 0 Å². The first-order valence-electron chi connectivity index (χ1n) is 8.24. The van der Waals surface area contributed by atoms with Crippen molar-refractivity contribution in [3.05, 3.63) is 11.6 Å². The molecule has 3 heteroatoms. The summed E-state index contributed by atoms with van der Waals surface area (Å²) >= 11 is 5.04. The summed E-state index contributed by atoms with van der Waals surface area (Å²) < 4.78 is 2.44. The van der Waals surface area contributed by atoms with Crippen molar-refractivity contribution in [2.45, 2.75) is 65.2 Å². The highest BCUT2D eigenvalue weighted by molar-refractivity contribution is 14.1. The summed E-state index contributed by atoms with van der Waals surface area (Å²) in [5.74, 6) is 1.62. The van der Waals surface area contributed by atoms with E-state index in [9.17, 15) is 0 Å². The van der Waals surface area contributed by atoms with Crippen molar-refractivity contribution in [1.82, 2.24) is 0 Å². The van der Waals surface area contributed by atoms with Crippen LogP contribution in [0.25, 0.3) is 0 Å². The molecule has 1 nitrogen and oxygen atoms in total. The first-order valence-corrected chi connectivity index (χ1v) is 11.3. The second kappa shape index (κ2) is 15.1. The molecule has 0 aromatic carbocycles. The zero-order valence-corrected chi connectivity index (χ0v) is 17.7. The van der Waals surface area contributed by atoms with E-state index in [1.807, 2.05) is 0 Å². The van der Waals surface area contributed by atoms with E-state index >= 15 is 0 Å². The lowest BCUT2D eigenvalue weighted by Crippen LogP contribution is -2.17. The minimum Gasteiger partial charge on any atom is -0.330 e. The van der Waals surface area contributed by atoms with Crippen molar-refractivity contribution in [1.29, 1.82) is 0 Å².